The maximum atomic E-state index is 12.5. The Morgan fingerprint density at radius 2 is 2.15 bits per heavy atom. The fourth-order valence-electron chi connectivity index (χ4n) is 2.96. The normalized spacial score (nSPS) is 16.7. The third-order valence-corrected chi connectivity index (χ3v) is 4.31. The van der Waals surface area contributed by atoms with Crippen molar-refractivity contribution in [3.8, 4) is 0 Å². The summed E-state index contributed by atoms with van der Waals surface area (Å²) in [5.74, 6) is -0.601. The van der Waals surface area contributed by atoms with E-state index in [4.69, 9.17) is 0 Å². The molecule has 136 valence electrons. The number of carbonyl (C=O) groups is 2. The summed E-state index contributed by atoms with van der Waals surface area (Å²) in [5, 5.41) is 13.2. The van der Waals surface area contributed by atoms with Crippen LogP contribution in [0.2, 0.25) is 0 Å². The SMILES string of the molecule is C=CCNC(=O)c1ccccc1NC(=O)c1ccn(C2CCCNC2)n1. The third-order valence-electron chi connectivity index (χ3n) is 4.31. The number of para-hydroxylation sites is 1. The molecule has 1 saturated heterocycles. The molecule has 0 spiro atoms. The number of nitrogens with one attached hydrogen (secondary N) is 3. The van der Waals surface area contributed by atoms with Crippen molar-refractivity contribution < 1.29 is 9.59 Å². The number of hydrogen-bond donors (Lipinski definition) is 3. The largest absolute Gasteiger partial charge is 0.349 e. The van der Waals surface area contributed by atoms with E-state index in [9.17, 15) is 9.59 Å². The Morgan fingerprint density at radius 3 is 2.92 bits per heavy atom. The molecule has 1 aromatic heterocycles. The molecule has 1 atom stereocenters. The number of carbonyl (C=O) groups excluding carboxylic acids is 2. The van der Waals surface area contributed by atoms with Crippen molar-refractivity contribution in [1.29, 1.82) is 0 Å². The molecule has 26 heavy (non-hydrogen) atoms. The number of anilines is 1. The van der Waals surface area contributed by atoms with Gasteiger partial charge >= 0.3 is 0 Å². The summed E-state index contributed by atoms with van der Waals surface area (Å²) < 4.78 is 1.84. The predicted octanol–water partition coefficient (Wildman–Crippen LogP) is 1.98. The average molecular weight is 353 g/mol. The summed E-state index contributed by atoms with van der Waals surface area (Å²) >= 11 is 0. The van der Waals surface area contributed by atoms with Gasteiger partial charge in [0.15, 0.2) is 5.69 Å². The van der Waals surface area contributed by atoms with E-state index in [2.05, 4.69) is 27.6 Å². The second-order valence-corrected chi connectivity index (χ2v) is 6.18. The van der Waals surface area contributed by atoms with Crippen molar-refractivity contribution in [3.05, 3.63) is 60.4 Å². The van der Waals surface area contributed by atoms with Gasteiger partial charge in [0.05, 0.1) is 17.3 Å². The van der Waals surface area contributed by atoms with Crippen LogP contribution in [0.25, 0.3) is 0 Å². The van der Waals surface area contributed by atoms with Crippen LogP contribution in [-0.2, 0) is 0 Å². The van der Waals surface area contributed by atoms with Crippen molar-refractivity contribution in [2.75, 3.05) is 25.0 Å². The first-order chi connectivity index (χ1) is 12.7. The van der Waals surface area contributed by atoms with Crippen LogP contribution in [0.1, 0.15) is 39.7 Å². The molecule has 0 bridgehead atoms. The Balaban J connectivity index is 1.71. The van der Waals surface area contributed by atoms with Crippen molar-refractivity contribution in [1.82, 2.24) is 20.4 Å². The van der Waals surface area contributed by atoms with Gasteiger partial charge in [-0.1, -0.05) is 18.2 Å². The standard InChI is InChI=1S/C19H23N5O2/c1-2-10-21-18(25)15-7-3-4-8-16(15)22-19(26)17-9-12-24(23-17)14-6-5-11-20-13-14/h2-4,7-9,12,14,20H,1,5-6,10-11,13H2,(H,21,25)(H,22,26). The molecule has 1 aromatic carbocycles. The van der Waals surface area contributed by atoms with Crippen LogP contribution in [0.5, 0.6) is 0 Å². The van der Waals surface area contributed by atoms with Crippen molar-refractivity contribution in [3.63, 3.8) is 0 Å². The van der Waals surface area contributed by atoms with Gasteiger partial charge < -0.3 is 16.0 Å². The first kappa shape index (κ1) is 17.9. The van der Waals surface area contributed by atoms with E-state index in [1.165, 1.54) is 0 Å². The minimum Gasteiger partial charge on any atom is -0.349 e. The van der Waals surface area contributed by atoms with Gasteiger partial charge in [-0.3, -0.25) is 14.3 Å². The Bertz CT molecular complexity index is 793. The molecular formula is C19H23N5O2. The smallest absolute Gasteiger partial charge is 0.276 e. The molecule has 0 radical (unpaired) electrons. The molecule has 0 aliphatic carbocycles. The third kappa shape index (κ3) is 4.18. The molecular weight excluding hydrogens is 330 g/mol. The maximum absolute atomic E-state index is 12.5. The number of amides is 2. The highest BCUT2D eigenvalue weighted by Gasteiger charge is 2.19. The lowest BCUT2D eigenvalue weighted by Gasteiger charge is -2.22. The van der Waals surface area contributed by atoms with Gasteiger partial charge in [-0.15, -0.1) is 6.58 Å². The topological polar surface area (TPSA) is 88.0 Å². The molecule has 1 unspecified atom stereocenters. The fourth-order valence-corrected chi connectivity index (χ4v) is 2.96. The van der Waals surface area contributed by atoms with E-state index in [1.54, 1.807) is 36.4 Å². The summed E-state index contributed by atoms with van der Waals surface area (Å²) in [5.41, 5.74) is 1.18. The molecule has 7 heteroatoms. The van der Waals surface area contributed by atoms with E-state index in [0.29, 0.717) is 23.5 Å². The number of hydrogen-bond acceptors (Lipinski definition) is 4. The van der Waals surface area contributed by atoms with Gasteiger partial charge in [0.1, 0.15) is 0 Å². The maximum Gasteiger partial charge on any atom is 0.276 e. The lowest BCUT2D eigenvalue weighted by molar-refractivity contribution is 0.0959. The fraction of sp³-hybridized carbons (Fsp3) is 0.316. The Morgan fingerprint density at radius 1 is 1.31 bits per heavy atom. The van der Waals surface area contributed by atoms with Gasteiger partial charge in [-0.05, 0) is 37.6 Å². The van der Waals surface area contributed by atoms with Gasteiger partial charge in [0.25, 0.3) is 11.8 Å². The molecule has 2 amide bonds. The number of aromatic nitrogens is 2. The van der Waals surface area contributed by atoms with E-state index < -0.39 is 0 Å². The predicted molar refractivity (Wildman–Crippen MR) is 100 cm³/mol. The lowest BCUT2D eigenvalue weighted by atomic mass is 10.1. The number of benzene rings is 1. The van der Waals surface area contributed by atoms with Crippen LogP contribution in [0, 0.1) is 0 Å². The van der Waals surface area contributed by atoms with Crippen LogP contribution in [0.4, 0.5) is 5.69 Å². The van der Waals surface area contributed by atoms with Crippen molar-refractivity contribution >= 4 is 17.5 Å². The lowest BCUT2D eigenvalue weighted by Crippen LogP contribution is -2.32. The Kier molecular flexibility index (Phi) is 5.80. The summed E-state index contributed by atoms with van der Waals surface area (Å²) in [4.78, 5) is 24.8. The monoisotopic (exact) mass is 353 g/mol. The average Bonchev–Trinajstić information content (AvgIpc) is 3.17. The Hall–Kier alpha value is -2.93. The second kappa shape index (κ2) is 8.44. The van der Waals surface area contributed by atoms with Crippen LogP contribution in [0.15, 0.2) is 49.2 Å². The number of nitrogens with zero attached hydrogens (tertiary/aromatic N) is 2. The molecule has 0 saturated carbocycles. The van der Waals surface area contributed by atoms with Crippen molar-refractivity contribution in [2.45, 2.75) is 18.9 Å². The molecule has 1 aliphatic heterocycles. The zero-order chi connectivity index (χ0) is 18.4. The van der Waals surface area contributed by atoms with Gasteiger partial charge in [0, 0.05) is 19.3 Å². The summed E-state index contributed by atoms with van der Waals surface area (Å²) in [6, 6.07) is 8.85. The number of piperidine rings is 1. The highest BCUT2D eigenvalue weighted by Crippen LogP contribution is 2.18. The van der Waals surface area contributed by atoms with E-state index in [-0.39, 0.29) is 17.9 Å². The summed E-state index contributed by atoms with van der Waals surface area (Å²) in [7, 11) is 0. The summed E-state index contributed by atoms with van der Waals surface area (Å²) in [6.45, 7) is 5.82. The minimum atomic E-state index is -0.337. The second-order valence-electron chi connectivity index (χ2n) is 6.18. The van der Waals surface area contributed by atoms with Crippen molar-refractivity contribution in [2.24, 2.45) is 0 Å². The molecule has 2 aromatic rings. The van der Waals surface area contributed by atoms with Crippen LogP contribution < -0.4 is 16.0 Å². The van der Waals surface area contributed by atoms with E-state index >= 15 is 0 Å². The minimum absolute atomic E-state index is 0.264. The first-order valence-corrected chi connectivity index (χ1v) is 8.74. The highest BCUT2D eigenvalue weighted by molar-refractivity contribution is 6.08. The molecule has 3 N–H and O–H groups in total. The molecule has 1 fully saturated rings. The molecule has 7 nitrogen and oxygen atoms in total. The summed E-state index contributed by atoms with van der Waals surface area (Å²) in [6.07, 6.45) is 5.57. The quantitative estimate of drug-likeness (QED) is 0.693. The Labute approximate surface area is 152 Å². The van der Waals surface area contributed by atoms with Crippen LogP contribution in [-0.4, -0.2) is 41.2 Å². The van der Waals surface area contributed by atoms with Gasteiger partial charge in [-0.25, -0.2) is 0 Å². The van der Waals surface area contributed by atoms with Crippen LogP contribution in [0.3, 0.4) is 0 Å². The molecule has 2 heterocycles. The van der Waals surface area contributed by atoms with Crippen LogP contribution >= 0.6 is 0 Å². The van der Waals surface area contributed by atoms with Gasteiger partial charge in [-0.2, -0.15) is 5.10 Å². The van der Waals surface area contributed by atoms with Gasteiger partial charge in [0.2, 0.25) is 0 Å². The molecule has 3 rings (SSSR count). The highest BCUT2D eigenvalue weighted by atomic mass is 16.2. The zero-order valence-electron chi connectivity index (χ0n) is 14.6. The zero-order valence-corrected chi connectivity index (χ0v) is 14.6. The first-order valence-electron chi connectivity index (χ1n) is 8.74. The van der Waals surface area contributed by atoms with E-state index in [0.717, 1.165) is 25.9 Å². The molecule has 1 aliphatic rings. The number of rotatable bonds is 6. The van der Waals surface area contributed by atoms with E-state index in [1.807, 2.05) is 10.9 Å².